The fourth-order valence-corrected chi connectivity index (χ4v) is 3.47. The van der Waals surface area contributed by atoms with E-state index in [1.165, 1.54) is 0 Å². The number of hydrogen-bond donors (Lipinski definition) is 1. The summed E-state index contributed by atoms with van der Waals surface area (Å²) in [5.41, 5.74) is 3.11. The molecule has 0 heterocycles. The quantitative estimate of drug-likeness (QED) is 0.407. The zero-order chi connectivity index (χ0) is 22.1. The van der Waals surface area contributed by atoms with E-state index >= 15 is 0 Å². The SMILES string of the molecule is CCCOc1ccc(CNC(=O)COc2ccc(-c3ccccc3)cc2Br)cc1OC. The van der Waals surface area contributed by atoms with E-state index in [1.54, 1.807) is 7.11 Å². The van der Waals surface area contributed by atoms with E-state index in [0.717, 1.165) is 27.6 Å². The zero-order valence-corrected chi connectivity index (χ0v) is 19.3. The van der Waals surface area contributed by atoms with Gasteiger partial charge in [-0.3, -0.25) is 4.79 Å². The van der Waals surface area contributed by atoms with Crippen molar-refractivity contribution in [3.05, 3.63) is 76.8 Å². The van der Waals surface area contributed by atoms with Crippen molar-refractivity contribution in [2.24, 2.45) is 0 Å². The summed E-state index contributed by atoms with van der Waals surface area (Å²) in [6.45, 7) is 2.99. The molecule has 0 bridgehead atoms. The molecular formula is C25H26BrNO4. The molecule has 0 aromatic heterocycles. The lowest BCUT2D eigenvalue weighted by atomic mass is 10.1. The summed E-state index contributed by atoms with van der Waals surface area (Å²) in [7, 11) is 1.60. The van der Waals surface area contributed by atoms with Crippen LogP contribution in [-0.2, 0) is 11.3 Å². The van der Waals surface area contributed by atoms with Gasteiger partial charge in [0.15, 0.2) is 18.1 Å². The van der Waals surface area contributed by atoms with Gasteiger partial charge < -0.3 is 19.5 Å². The summed E-state index contributed by atoms with van der Waals surface area (Å²) in [6.07, 6.45) is 0.923. The summed E-state index contributed by atoms with van der Waals surface area (Å²) in [6, 6.07) is 21.5. The molecule has 162 valence electrons. The first-order valence-electron chi connectivity index (χ1n) is 10.1. The van der Waals surface area contributed by atoms with Gasteiger partial charge in [-0.25, -0.2) is 0 Å². The standard InChI is InChI=1S/C25H26BrNO4/c1-3-13-30-23-11-9-18(14-24(23)29-2)16-27-25(28)17-31-22-12-10-20(15-21(22)26)19-7-5-4-6-8-19/h4-12,14-15H,3,13,16-17H2,1-2H3,(H,27,28). The first-order chi connectivity index (χ1) is 15.1. The molecule has 0 unspecified atom stereocenters. The highest BCUT2D eigenvalue weighted by Crippen LogP contribution is 2.31. The van der Waals surface area contributed by atoms with Crippen LogP contribution in [0.1, 0.15) is 18.9 Å². The number of carbonyl (C=O) groups excluding carboxylic acids is 1. The maximum atomic E-state index is 12.2. The highest BCUT2D eigenvalue weighted by atomic mass is 79.9. The average Bonchev–Trinajstić information content (AvgIpc) is 2.81. The molecule has 0 saturated heterocycles. The van der Waals surface area contributed by atoms with E-state index < -0.39 is 0 Å². The van der Waals surface area contributed by atoms with Crippen molar-refractivity contribution in [1.82, 2.24) is 5.32 Å². The van der Waals surface area contributed by atoms with E-state index in [4.69, 9.17) is 14.2 Å². The molecule has 31 heavy (non-hydrogen) atoms. The van der Waals surface area contributed by atoms with Crippen molar-refractivity contribution in [1.29, 1.82) is 0 Å². The fourth-order valence-electron chi connectivity index (χ4n) is 2.98. The number of methoxy groups -OCH3 is 1. The van der Waals surface area contributed by atoms with E-state index in [0.29, 0.717) is 30.4 Å². The monoisotopic (exact) mass is 483 g/mol. The Morgan fingerprint density at radius 3 is 2.39 bits per heavy atom. The molecule has 1 amide bonds. The number of halogens is 1. The number of hydrogen-bond acceptors (Lipinski definition) is 4. The Balaban J connectivity index is 1.52. The molecule has 1 N–H and O–H groups in total. The number of carbonyl (C=O) groups is 1. The van der Waals surface area contributed by atoms with Crippen molar-refractivity contribution in [3.63, 3.8) is 0 Å². The van der Waals surface area contributed by atoms with Crippen molar-refractivity contribution < 1.29 is 19.0 Å². The Hall–Kier alpha value is -2.99. The largest absolute Gasteiger partial charge is 0.493 e. The molecule has 0 atom stereocenters. The van der Waals surface area contributed by atoms with Gasteiger partial charge in [0.05, 0.1) is 18.2 Å². The molecule has 0 radical (unpaired) electrons. The summed E-state index contributed by atoms with van der Waals surface area (Å²) < 4.78 is 17.5. The summed E-state index contributed by atoms with van der Waals surface area (Å²) in [5.74, 6) is 1.77. The Kier molecular flexibility index (Phi) is 8.35. The van der Waals surface area contributed by atoms with Crippen molar-refractivity contribution in [2.45, 2.75) is 19.9 Å². The van der Waals surface area contributed by atoms with Crippen LogP contribution in [0, 0.1) is 0 Å². The minimum Gasteiger partial charge on any atom is -0.493 e. The van der Waals surface area contributed by atoms with Crippen molar-refractivity contribution >= 4 is 21.8 Å². The van der Waals surface area contributed by atoms with Gasteiger partial charge in [-0.15, -0.1) is 0 Å². The summed E-state index contributed by atoms with van der Waals surface area (Å²) >= 11 is 3.53. The minimum atomic E-state index is -0.204. The van der Waals surface area contributed by atoms with Crippen LogP contribution >= 0.6 is 15.9 Å². The van der Waals surface area contributed by atoms with Gasteiger partial charge in [0, 0.05) is 6.54 Å². The Morgan fingerprint density at radius 2 is 1.68 bits per heavy atom. The highest BCUT2D eigenvalue weighted by molar-refractivity contribution is 9.10. The predicted molar refractivity (Wildman–Crippen MR) is 126 cm³/mol. The van der Waals surface area contributed by atoms with Gasteiger partial charge >= 0.3 is 0 Å². The first kappa shape index (κ1) is 22.7. The lowest BCUT2D eigenvalue weighted by Gasteiger charge is -2.13. The second-order valence-electron chi connectivity index (χ2n) is 6.91. The number of benzene rings is 3. The van der Waals surface area contributed by atoms with Crippen molar-refractivity contribution in [3.8, 4) is 28.4 Å². The van der Waals surface area contributed by atoms with Gasteiger partial charge in [0.2, 0.25) is 0 Å². The Morgan fingerprint density at radius 1 is 0.903 bits per heavy atom. The maximum absolute atomic E-state index is 12.2. The fraction of sp³-hybridized carbons (Fsp3) is 0.240. The van der Waals surface area contributed by atoms with Gasteiger partial charge in [0.1, 0.15) is 5.75 Å². The molecule has 0 aliphatic carbocycles. The van der Waals surface area contributed by atoms with Gasteiger partial charge in [0.25, 0.3) is 5.91 Å². The lowest BCUT2D eigenvalue weighted by molar-refractivity contribution is -0.123. The van der Waals surface area contributed by atoms with Gasteiger partial charge in [-0.2, -0.15) is 0 Å². The molecular weight excluding hydrogens is 458 g/mol. The summed E-state index contributed by atoms with van der Waals surface area (Å²) in [4.78, 5) is 12.2. The van der Waals surface area contributed by atoms with Crippen LogP contribution in [0.4, 0.5) is 0 Å². The highest BCUT2D eigenvalue weighted by Gasteiger charge is 2.09. The van der Waals surface area contributed by atoms with E-state index in [9.17, 15) is 4.79 Å². The molecule has 0 spiro atoms. The second kappa shape index (κ2) is 11.4. The third-order valence-corrected chi connectivity index (χ3v) is 5.20. The topological polar surface area (TPSA) is 56.8 Å². The smallest absolute Gasteiger partial charge is 0.258 e. The molecule has 3 rings (SSSR count). The number of ether oxygens (including phenoxy) is 3. The van der Waals surface area contributed by atoms with Crippen molar-refractivity contribution in [2.75, 3.05) is 20.3 Å². The predicted octanol–water partition coefficient (Wildman–Crippen LogP) is 5.61. The average molecular weight is 484 g/mol. The van der Waals surface area contributed by atoms with Gasteiger partial charge in [-0.05, 0) is 63.3 Å². The van der Waals surface area contributed by atoms with Crippen LogP contribution in [0.2, 0.25) is 0 Å². The Bertz CT molecular complexity index is 1010. The summed E-state index contributed by atoms with van der Waals surface area (Å²) in [5, 5.41) is 2.86. The number of rotatable bonds is 10. The van der Waals surface area contributed by atoms with Crippen LogP contribution in [0.15, 0.2) is 71.2 Å². The maximum Gasteiger partial charge on any atom is 0.258 e. The molecule has 0 fully saturated rings. The molecule has 0 saturated carbocycles. The third-order valence-electron chi connectivity index (χ3n) is 4.58. The normalized spacial score (nSPS) is 10.4. The molecule has 6 heteroatoms. The van der Waals surface area contributed by atoms with Crippen LogP contribution in [0.5, 0.6) is 17.2 Å². The van der Waals surface area contributed by atoms with Crippen LogP contribution in [0.3, 0.4) is 0 Å². The number of nitrogens with one attached hydrogen (secondary N) is 1. The molecule has 5 nitrogen and oxygen atoms in total. The first-order valence-corrected chi connectivity index (χ1v) is 10.9. The molecule has 0 aliphatic rings. The van der Waals surface area contributed by atoms with Crippen LogP contribution < -0.4 is 19.5 Å². The van der Waals surface area contributed by atoms with E-state index in [1.807, 2.05) is 66.7 Å². The molecule has 3 aromatic carbocycles. The van der Waals surface area contributed by atoms with Crippen LogP contribution in [0.25, 0.3) is 11.1 Å². The molecule has 0 aliphatic heterocycles. The molecule has 3 aromatic rings. The second-order valence-corrected chi connectivity index (χ2v) is 7.76. The third kappa shape index (κ3) is 6.49. The van der Waals surface area contributed by atoms with Crippen LogP contribution in [-0.4, -0.2) is 26.2 Å². The number of amides is 1. The van der Waals surface area contributed by atoms with Gasteiger partial charge in [-0.1, -0.05) is 49.4 Å². The van der Waals surface area contributed by atoms with E-state index in [2.05, 4.69) is 28.2 Å². The Labute approximate surface area is 191 Å². The minimum absolute atomic E-state index is 0.0713. The van der Waals surface area contributed by atoms with E-state index in [-0.39, 0.29) is 12.5 Å². The zero-order valence-electron chi connectivity index (χ0n) is 17.7. The lowest BCUT2D eigenvalue weighted by Crippen LogP contribution is -2.28.